The smallest absolute Gasteiger partial charge is 0.356 e. The Morgan fingerprint density at radius 1 is 0.896 bits per heavy atom. The van der Waals surface area contributed by atoms with Crippen molar-refractivity contribution < 1.29 is 57.4 Å². The van der Waals surface area contributed by atoms with E-state index in [0.29, 0.717) is 26.8 Å². The number of nitrogens with zero attached hydrogens (tertiary/aromatic N) is 7. The second-order valence-electron chi connectivity index (χ2n) is 14.9. The molecule has 7 rings (SSSR count). The third-order valence-electron chi connectivity index (χ3n) is 10.6. The SMILES string of the molecule is CCN1CCN(C(=O)NC(C(=O)N[C@]2(NC=O)C(=O)N3C(C(=O)OC(c4ccccc4)c4ccccc4)=C(CSc4nnnn4C)CS[C@@H]32)c2ccc(OC(C)=O)c(OC(C)=O)c2)C(=O)C1=O. The number of fused-ring (bicyclic) bond motifs is 1. The molecule has 1 aromatic heterocycles. The highest BCUT2D eigenvalue weighted by molar-refractivity contribution is 8.01. The van der Waals surface area contributed by atoms with Crippen molar-refractivity contribution in [1.82, 2.24) is 50.9 Å². The maximum atomic E-state index is 14.8. The molecule has 348 valence electrons. The largest absolute Gasteiger partial charge is 0.448 e. The van der Waals surface area contributed by atoms with Crippen LogP contribution in [0.5, 0.6) is 11.5 Å². The number of hydrogen-bond donors (Lipinski definition) is 3. The van der Waals surface area contributed by atoms with E-state index in [-0.39, 0.29) is 60.3 Å². The van der Waals surface area contributed by atoms with E-state index < -0.39 is 70.8 Å². The van der Waals surface area contributed by atoms with Crippen molar-refractivity contribution in [2.24, 2.45) is 7.05 Å². The standard InChI is InChI=1S/C43H42N10O12S2/c1-5-51-18-19-52(37(59)36(51)58)41(62)45-32(28-16-17-30(63-24(2)55)31(20-28)64-25(3)56)35(57)46-43(44-23-54)39(61)53-33(29(21-66-40(43)53)22-67-42-47-48-49-50(42)4)38(60)65-34(26-12-8-6-9-13-26)27-14-10-7-11-15-27/h6-17,20,23,32,34,40H,5,18-19,21-22H2,1-4H3,(H,44,54)(H,45,62)(H,46,57)/t32?,40-,43-/m1/s1. The number of carbonyl (C=O) groups is 9. The molecule has 3 aromatic carbocycles. The highest BCUT2D eigenvalue weighted by atomic mass is 32.2. The number of imide groups is 1. The molecule has 0 spiro atoms. The van der Waals surface area contributed by atoms with Crippen LogP contribution in [-0.4, -0.2) is 131 Å². The van der Waals surface area contributed by atoms with Crippen LogP contribution in [0, 0.1) is 0 Å². The Balaban J connectivity index is 1.25. The van der Waals surface area contributed by atoms with Crippen LogP contribution in [-0.2, 0) is 50.1 Å². The lowest BCUT2D eigenvalue weighted by Crippen LogP contribution is -2.85. The molecule has 0 bridgehead atoms. The van der Waals surface area contributed by atoms with Crippen LogP contribution < -0.4 is 25.4 Å². The number of tetrazole rings is 1. The molecule has 2 saturated heterocycles. The molecule has 4 aromatic rings. The Morgan fingerprint density at radius 3 is 2.15 bits per heavy atom. The molecule has 1 unspecified atom stereocenters. The molecule has 0 radical (unpaired) electrons. The molecule has 7 amide bonds. The van der Waals surface area contributed by atoms with Crippen LogP contribution in [0.3, 0.4) is 0 Å². The topological polar surface area (TPSA) is 271 Å². The van der Waals surface area contributed by atoms with Crippen molar-refractivity contribution in [3.05, 3.63) is 107 Å². The van der Waals surface area contributed by atoms with Crippen LogP contribution in [0.1, 0.15) is 49.6 Å². The minimum atomic E-state index is -2.27. The van der Waals surface area contributed by atoms with Crippen molar-refractivity contribution in [3.8, 4) is 11.5 Å². The molecule has 0 saturated carbocycles. The predicted molar refractivity (Wildman–Crippen MR) is 235 cm³/mol. The van der Waals surface area contributed by atoms with Gasteiger partial charge in [0.05, 0.1) is 0 Å². The van der Waals surface area contributed by atoms with Crippen LogP contribution in [0.25, 0.3) is 0 Å². The van der Waals surface area contributed by atoms with Crippen molar-refractivity contribution in [1.29, 1.82) is 0 Å². The summed E-state index contributed by atoms with van der Waals surface area (Å²) in [7, 11) is 1.63. The number of aryl methyl sites for hydroxylation is 1. The van der Waals surface area contributed by atoms with Gasteiger partial charge in [-0.2, -0.15) is 0 Å². The van der Waals surface area contributed by atoms with E-state index in [1.165, 1.54) is 33.5 Å². The third kappa shape index (κ3) is 9.84. The van der Waals surface area contributed by atoms with Crippen LogP contribution >= 0.6 is 23.5 Å². The average Bonchev–Trinajstić information content (AvgIpc) is 3.73. The molecule has 24 heteroatoms. The predicted octanol–water partition coefficient (Wildman–Crippen LogP) is 1.35. The molecule has 3 aliphatic heterocycles. The first-order chi connectivity index (χ1) is 32.2. The summed E-state index contributed by atoms with van der Waals surface area (Å²) in [4.78, 5) is 123. The maximum absolute atomic E-state index is 14.8. The first kappa shape index (κ1) is 47.4. The summed E-state index contributed by atoms with van der Waals surface area (Å²) in [6.45, 7) is 3.79. The lowest BCUT2D eigenvalue weighted by molar-refractivity contribution is -0.164. The molecule has 4 heterocycles. The number of urea groups is 1. The monoisotopic (exact) mass is 954 g/mol. The summed E-state index contributed by atoms with van der Waals surface area (Å²) in [5.41, 5.74) is -0.839. The summed E-state index contributed by atoms with van der Waals surface area (Å²) in [6, 6.07) is 18.4. The zero-order valence-electron chi connectivity index (χ0n) is 36.2. The zero-order valence-corrected chi connectivity index (χ0v) is 37.8. The molecule has 3 atom stereocenters. The number of thioether (sulfide) groups is 2. The number of carbonyl (C=O) groups excluding carboxylic acids is 9. The molecule has 3 N–H and O–H groups in total. The van der Waals surface area contributed by atoms with Gasteiger partial charge >= 0.3 is 35.8 Å². The summed E-state index contributed by atoms with van der Waals surface area (Å²) < 4.78 is 18.1. The van der Waals surface area contributed by atoms with Gasteiger partial charge in [-0.25, -0.2) is 14.3 Å². The van der Waals surface area contributed by atoms with Gasteiger partial charge in [-0.1, -0.05) is 78.5 Å². The third-order valence-corrected chi connectivity index (χ3v) is 13.1. The normalized spacial score (nSPS) is 18.4. The minimum absolute atomic E-state index is 0.000344. The number of aromatic nitrogens is 4. The van der Waals surface area contributed by atoms with E-state index in [0.717, 1.165) is 36.6 Å². The van der Waals surface area contributed by atoms with Crippen molar-refractivity contribution >= 4 is 77.5 Å². The number of β-lactam (4-membered cyclic amide) rings is 1. The number of amides is 7. The van der Waals surface area contributed by atoms with E-state index in [2.05, 4.69) is 31.5 Å². The number of nitrogens with one attached hydrogen (secondary N) is 3. The van der Waals surface area contributed by atoms with Crippen molar-refractivity contribution in [2.45, 2.75) is 49.1 Å². The molecular weight excluding hydrogens is 913 g/mol. The van der Waals surface area contributed by atoms with E-state index in [1.54, 1.807) is 62.5 Å². The summed E-state index contributed by atoms with van der Waals surface area (Å²) >= 11 is 2.28. The van der Waals surface area contributed by atoms with E-state index in [9.17, 15) is 43.2 Å². The van der Waals surface area contributed by atoms with Crippen molar-refractivity contribution in [3.63, 3.8) is 0 Å². The minimum Gasteiger partial charge on any atom is -0.448 e. The Bertz CT molecular complexity index is 2630. The lowest BCUT2D eigenvalue weighted by atomic mass is 9.94. The quantitative estimate of drug-likeness (QED) is 0.0272. The van der Waals surface area contributed by atoms with E-state index in [1.807, 2.05) is 12.1 Å². The molecule has 67 heavy (non-hydrogen) atoms. The van der Waals surface area contributed by atoms with Gasteiger partial charge in [0.25, 0.3) is 5.91 Å². The van der Waals surface area contributed by atoms with Crippen LogP contribution in [0.4, 0.5) is 4.79 Å². The van der Waals surface area contributed by atoms with E-state index in [4.69, 9.17) is 14.2 Å². The first-order valence-corrected chi connectivity index (χ1v) is 22.5. The van der Waals surface area contributed by atoms with Crippen LogP contribution in [0.15, 0.2) is 95.3 Å². The molecule has 0 aliphatic carbocycles. The van der Waals surface area contributed by atoms with Gasteiger partial charge in [-0.15, -0.1) is 16.9 Å². The molecule has 22 nitrogen and oxygen atoms in total. The Morgan fingerprint density at radius 2 is 1.55 bits per heavy atom. The number of likely N-dealkylation sites (N-methyl/N-ethyl adjacent to an activating group) is 1. The number of rotatable bonds is 16. The fraction of sp³-hybridized carbons (Fsp3) is 0.302. The number of ether oxygens (including phenoxy) is 3. The van der Waals surface area contributed by atoms with Gasteiger partial charge in [0.2, 0.25) is 23.1 Å². The van der Waals surface area contributed by atoms with Gasteiger partial charge in [-0.05, 0) is 51.7 Å². The Labute approximate surface area is 390 Å². The van der Waals surface area contributed by atoms with Crippen LogP contribution in [0.2, 0.25) is 0 Å². The fourth-order valence-electron chi connectivity index (χ4n) is 7.45. The van der Waals surface area contributed by atoms with E-state index >= 15 is 0 Å². The highest BCUT2D eigenvalue weighted by Gasteiger charge is 2.66. The van der Waals surface area contributed by atoms with Gasteiger partial charge in [0.1, 0.15) is 17.1 Å². The molecule has 2 fully saturated rings. The molecular formula is C43H42N10O12S2. The number of piperazine rings is 1. The van der Waals surface area contributed by atoms with Crippen molar-refractivity contribution in [2.75, 3.05) is 31.1 Å². The average molecular weight is 955 g/mol. The summed E-state index contributed by atoms with van der Waals surface area (Å²) in [6.07, 6.45) is -0.745. The fourth-order valence-corrected chi connectivity index (χ4v) is 9.87. The zero-order chi connectivity index (χ0) is 48.0. The lowest BCUT2D eigenvalue weighted by Gasteiger charge is -2.56. The number of benzene rings is 3. The van der Waals surface area contributed by atoms with Gasteiger partial charge in [-0.3, -0.25) is 43.4 Å². The highest BCUT2D eigenvalue weighted by Crippen LogP contribution is 2.47. The number of hydrogen-bond acceptors (Lipinski definition) is 17. The van der Waals surface area contributed by atoms with Gasteiger partial charge in [0, 0.05) is 52.0 Å². The van der Waals surface area contributed by atoms with Gasteiger partial charge in [0.15, 0.2) is 17.6 Å². The second-order valence-corrected chi connectivity index (χ2v) is 17.0. The maximum Gasteiger partial charge on any atom is 0.356 e. The summed E-state index contributed by atoms with van der Waals surface area (Å²) in [5, 5.41) is 18.2. The summed E-state index contributed by atoms with van der Waals surface area (Å²) in [5.74, 6) is -7.15. The number of esters is 3. The Hall–Kier alpha value is -7.60. The molecule has 3 aliphatic rings. The Kier molecular flexibility index (Phi) is 14.3. The van der Waals surface area contributed by atoms with Gasteiger partial charge < -0.3 is 35.1 Å². The first-order valence-electron chi connectivity index (χ1n) is 20.5. The second kappa shape index (κ2) is 20.3.